The number of thiazole rings is 1. The van der Waals surface area contributed by atoms with E-state index < -0.39 is 0 Å². The molecule has 0 bridgehead atoms. The first kappa shape index (κ1) is 18.5. The molecule has 0 radical (unpaired) electrons. The topological polar surface area (TPSA) is 51.2 Å². The first-order valence-corrected chi connectivity index (χ1v) is 9.15. The van der Waals surface area contributed by atoms with Crippen molar-refractivity contribution in [1.82, 2.24) is 4.98 Å². The van der Waals surface area contributed by atoms with Crippen LogP contribution >= 0.6 is 11.3 Å². The van der Waals surface area contributed by atoms with E-state index in [0.717, 1.165) is 22.2 Å². The van der Waals surface area contributed by atoms with Crippen molar-refractivity contribution in [2.45, 2.75) is 47.0 Å². The number of benzene rings is 1. The Labute approximate surface area is 148 Å². The van der Waals surface area contributed by atoms with Crippen LogP contribution in [-0.2, 0) is 16.0 Å². The molecule has 24 heavy (non-hydrogen) atoms. The first-order valence-electron chi connectivity index (χ1n) is 8.34. The van der Waals surface area contributed by atoms with E-state index >= 15 is 0 Å². The number of esters is 1. The molecule has 0 saturated carbocycles. The van der Waals surface area contributed by atoms with Crippen LogP contribution in [0.25, 0.3) is 0 Å². The van der Waals surface area contributed by atoms with Crippen LogP contribution < -0.4 is 5.32 Å². The second kappa shape index (κ2) is 8.29. The van der Waals surface area contributed by atoms with Crippen molar-refractivity contribution < 1.29 is 9.53 Å². The molecule has 0 saturated heterocycles. The van der Waals surface area contributed by atoms with E-state index in [1.54, 1.807) is 0 Å². The molecule has 0 aliphatic carbocycles. The maximum absolute atomic E-state index is 11.6. The number of aromatic nitrogens is 1. The van der Waals surface area contributed by atoms with Crippen molar-refractivity contribution in [1.29, 1.82) is 0 Å². The fraction of sp³-hybridized carbons (Fsp3) is 0.474. The molecule has 1 atom stereocenters. The lowest BCUT2D eigenvalue weighted by Gasteiger charge is -2.17. The number of ether oxygens (including phenoxy) is 1. The average Bonchev–Trinajstić information content (AvgIpc) is 2.85. The van der Waals surface area contributed by atoms with Crippen LogP contribution in [0.1, 0.15) is 47.0 Å². The smallest absolute Gasteiger partial charge is 0.311 e. The van der Waals surface area contributed by atoms with Crippen molar-refractivity contribution in [3.8, 4) is 0 Å². The Morgan fingerprint density at radius 3 is 2.58 bits per heavy atom. The highest BCUT2D eigenvalue weighted by Crippen LogP contribution is 2.27. The highest BCUT2D eigenvalue weighted by atomic mass is 32.1. The van der Waals surface area contributed by atoms with Gasteiger partial charge in [-0.15, -0.1) is 11.3 Å². The Bertz CT molecular complexity index is 689. The van der Waals surface area contributed by atoms with Gasteiger partial charge in [-0.25, -0.2) is 4.98 Å². The van der Waals surface area contributed by atoms with Gasteiger partial charge >= 0.3 is 5.97 Å². The molecule has 0 fully saturated rings. The van der Waals surface area contributed by atoms with Crippen LogP contribution in [0.4, 0.5) is 5.13 Å². The maximum Gasteiger partial charge on any atom is 0.311 e. The molecule has 2 rings (SSSR count). The lowest BCUT2D eigenvalue weighted by molar-refractivity contribution is -0.142. The summed E-state index contributed by atoms with van der Waals surface area (Å²) in [5.41, 5.74) is 4.94. The van der Waals surface area contributed by atoms with E-state index in [9.17, 15) is 4.79 Å². The number of hydrogen-bond donors (Lipinski definition) is 1. The van der Waals surface area contributed by atoms with E-state index in [1.807, 2.05) is 13.8 Å². The van der Waals surface area contributed by atoms with E-state index in [-0.39, 0.29) is 5.97 Å². The van der Waals surface area contributed by atoms with E-state index in [4.69, 9.17) is 4.74 Å². The van der Waals surface area contributed by atoms with Gasteiger partial charge in [-0.3, -0.25) is 4.79 Å². The minimum absolute atomic E-state index is 0.195. The third-order valence-electron chi connectivity index (χ3n) is 4.10. The molecule has 0 amide bonds. The van der Waals surface area contributed by atoms with Crippen molar-refractivity contribution in [2.24, 2.45) is 0 Å². The molecule has 1 aromatic carbocycles. The number of carbonyl (C=O) groups is 1. The van der Waals surface area contributed by atoms with Crippen LogP contribution in [-0.4, -0.2) is 24.1 Å². The van der Waals surface area contributed by atoms with Crippen molar-refractivity contribution >= 4 is 22.4 Å². The van der Waals surface area contributed by atoms with Gasteiger partial charge in [0.1, 0.15) is 0 Å². The van der Waals surface area contributed by atoms with Crippen LogP contribution in [0, 0.1) is 20.8 Å². The molecule has 2 aromatic rings. The summed E-state index contributed by atoms with van der Waals surface area (Å²) < 4.78 is 5.01. The van der Waals surface area contributed by atoms with Crippen molar-refractivity contribution in [2.75, 3.05) is 18.5 Å². The van der Waals surface area contributed by atoms with Crippen molar-refractivity contribution in [3.63, 3.8) is 0 Å². The van der Waals surface area contributed by atoms with E-state index in [1.165, 1.54) is 28.0 Å². The van der Waals surface area contributed by atoms with Gasteiger partial charge in [0.15, 0.2) is 5.13 Å². The zero-order chi connectivity index (χ0) is 17.7. The molecule has 0 aliphatic rings. The molecule has 1 unspecified atom stereocenters. The summed E-state index contributed by atoms with van der Waals surface area (Å²) in [4.78, 5) is 17.1. The number of anilines is 1. The fourth-order valence-electron chi connectivity index (χ4n) is 2.96. The van der Waals surface area contributed by atoms with Gasteiger partial charge in [0.2, 0.25) is 0 Å². The molecule has 1 N–H and O–H groups in total. The first-order chi connectivity index (χ1) is 11.4. The maximum atomic E-state index is 11.6. The zero-order valence-electron chi connectivity index (χ0n) is 15.1. The Morgan fingerprint density at radius 2 is 1.96 bits per heavy atom. The summed E-state index contributed by atoms with van der Waals surface area (Å²) in [7, 11) is 0. The van der Waals surface area contributed by atoms with Gasteiger partial charge < -0.3 is 10.1 Å². The Kier molecular flexibility index (Phi) is 6.37. The predicted molar refractivity (Wildman–Crippen MR) is 100 cm³/mol. The SMILES string of the molecule is CCOC(=O)Cc1sc(NCC(C)c2c(C)cccc2C)nc1C. The largest absolute Gasteiger partial charge is 0.466 e. The third kappa shape index (κ3) is 4.57. The molecule has 5 heteroatoms. The van der Waals surface area contributed by atoms with Crippen LogP contribution in [0.5, 0.6) is 0 Å². The Hall–Kier alpha value is -1.88. The summed E-state index contributed by atoms with van der Waals surface area (Å²) in [5.74, 6) is 0.198. The number of aryl methyl sites for hydroxylation is 3. The van der Waals surface area contributed by atoms with Gasteiger partial charge in [0.25, 0.3) is 0 Å². The monoisotopic (exact) mass is 346 g/mol. The van der Waals surface area contributed by atoms with E-state index in [0.29, 0.717) is 18.9 Å². The van der Waals surface area contributed by atoms with Crippen molar-refractivity contribution in [3.05, 3.63) is 45.5 Å². The molecule has 0 spiro atoms. The molecular weight excluding hydrogens is 320 g/mol. The quantitative estimate of drug-likeness (QED) is 0.756. The summed E-state index contributed by atoms with van der Waals surface area (Å²) in [5, 5.41) is 4.28. The Balaban J connectivity index is 2.01. The lowest BCUT2D eigenvalue weighted by atomic mass is 9.92. The van der Waals surface area contributed by atoms with Crippen LogP contribution in [0.15, 0.2) is 18.2 Å². The minimum Gasteiger partial charge on any atom is -0.466 e. The summed E-state index contributed by atoms with van der Waals surface area (Å²) >= 11 is 1.54. The number of nitrogens with one attached hydrogen (secondary N) is 1. The third-order valence-corrected chi connectivity index (χ3v) is 5.21. The fourth-order valence-corrected chi connectivity index (χ4v) is 3.91. The average molecular weight is 346 g/mol. The zero-order valence-corrected chi connectivity index (χ0v) is 15.9. The van der Waals surface area contributed by atoms with E-state index in [2.05, 4.69) is 49.3 Å². The van der Waals surface area contributed by atoms with Crippen LogP contribution in [0.3, 0.4) is 0 Å². The minimum atomic E-state index is -0.195. The standard InChI is InChI=1S/C19H26N2O2S/c1-6-23-17(22)10-16-15(5)21-19(24-16)20-11-14(4)18-12(2)8-7-9-13(18)3/h7-9,14H,6,10-11H2,1-5H3,(H,20,21). The molecular formula is C19H26N2O2S. The van der Waals surface area contributed by atoms with Crippen LogP contribution in [0.2, 0.25) is 0 Å². The second-order valence-electron chi connectivity index (χ2n) is 6.10. The summed E-state index contributed by atoms with van der Waals surface area (Å²) in [6.45, 7) is 11.5. The molecule has 0 aliphatic heterocycles. The predicted octanol–water partition coefficient (Wildman–Crippen LogP) is 4.39. The summed E-state index contributed by atoms with van der Waals surface area (Å²) in [6.07, 6.45) is 0.297. The second-order valence-corrected chi connectivity index (χ2v) is 7.18. The van der Waals surface area contributed by atoms with Gasteiger partial charge in [0, 0.05) is 11.4 Å². The lowest BCUT2D eigenvalue weighted by Crippen LogP contribution is -2.12. The van der Waals surface area contributed by atoms with Gasteiger partial charge in [-0.2, -0.15) is 0 Å². The molecule has 130 valence electrons. The number of rotatable bonds is 7. The van der Waals surface area contributed by atoms with Gasteiger partial charge in [0.05, 0.1) is 18.7 Å². The number of nitrogens with zero attached hydrogens (tertiary/aromatic N) is 1. The van der Waals surface area contributed by atoms with Gasteiger partial charge in [-0.05, 0) is 50.3 Å². The molecule has 4 nitrogen and oxygen atoms in total. The normalized spacial score (nSPS) is 12.0. The molecule has 1 aromatic heterocycles. The highest BCUT2D eigenvalue weighted by Gasteiger charge is 2.15. The van der Waals surface area contributed by atoms with Gasteiger partial charge in [-0.1, -0.05) is 25.1 Å². The Morgan fingerprint density at radius 1 is 1.29 bits per heavy atom. The number of carbonyl (C=O) groups excluding carboxylic acids is 1. The highest BCUT2D eigenvalue weighted by molar-refractivity contribution is 7.15. The molecule has 1 heterocycles. The summed E-state index contributed by atoms with van der Waals surface area (Å²) in [6, 6.07) is 6.41. The number of hydrogen-bond acceptors (Lipinski definition) is 5.